The maximum absolute atomic E-state index is 12.4. The van der Waals surface area contributed by atoms with Crippen LogP contribution < -0.4 is 0 Å². The first-order valence-corrected chi connectivity index (χ1v) is 9.27. The number of carbonyl (C=O) groups is 1. The molecular formula is C20H30O2. The summed E-state index contributed by atoms with van der Waals surface area (Å²) in [5.74, 6) is 3.24. The Bertz CT molecular complexity index is 536. The molecule has 22 heavy (non-hydrogen) atoms. The molecule has 7 atom stereocenters. The quantitative estimate of drug-likeness (QED) is 0.683. The zero-order valence-corrected chi connectivity index (χ0v) is 14.3. The lowest BCUT2D eigenvalue weighted by Gasteiger charge is -2.58. The van der Waals surface area contributed by atoms with Crippen LogP contribution in [-0.4, -0.2) is 17.0 Å². The number of ketones is 1. The second-order valence-electron chi connectivity index (χ2n) is 9.07. The van der Waals surface area contributed by atoms with Crippen LogP contribution in [0.1, 0.15) is 65.7 Å². The van der Waals surface area contributed by atoms with Crippen molar-refractivity contribution < 1.29 is 9.90 Å². The van der Waals surface area contributed by atoms with E-state index in [-0.39, 0.29) is 16.9 Å². The Balaban J connectivity index is 1.70. The molecule has 1 N–H and O–H groups in total. The SMILES string of the molecule is CC1=C[C@@]2(C)[C@@H](CC[C@@H]3[C@@H]2CC[C@]2(C)C(=O)CC[C@@H]32)C[C@@H]1O. The highest BCUT2D eigenvalue weighted by molar-refractivity contribution is 5.87. The molecule has 0 spiro atoms. The van der Waals surface area contributed by atoms with Crippen molar-refractivity contribution >= 4 is 5.78 Å². The van der Waals surface area contributed by atoms with Gasteiger partial charge in [0.2, 0.25) is 0 Å². The van der Waals surface area contributed by atoms with E-state index in [1.807, 2.05) is 0 Å². The maximum atomic E-state index is 12.4. The Morgan fingerprint density at radius 3 is 2.68 bits per heavy atom. The van der Waals surface area contributed by atoms with Crippen LogP contribution in [0, 0.1) is 34.5 Å². The van der Waals surface area contributed by atoms with E-state index >= 15 is 0 Å². The number of hydrogen-bond donors (Lipinski definition) is 1. The summed E-state index contributed by atoms with van der Waals surface area (Å²) in [6.07, 6.45) is 9.89. The van der Waals surface area contributed by atoms with Crippen LogP contribution in [0.4, 0.5) is 0 Å². The van der Waals surface area contributed by atoms with Crippen LogP contribution in [0.15, 0.2) is 11.6 Å². The minimum Gasteiger partial charge on any atom is -0.389 e. The van der Waals surface area contributed by atoms with E-state index in [1.165, 1.54) is 24.8 Å². The summed E-state index contributed by atoms with van der Waals surface area (Å²) in [5, 5.41) is 10.2. The summed E-state index contributed by atoms with van der Waals surface area (Å²) in [4.78, 5) is 12.4. The molecule has 2 nitrogen and oxygen atoms in total. The molecule has 122 valence electrons. The topological polar surface area (TPSA) is 37.3 Å². The van der Waals surface area contributed by atoms with Gasteiger partial charge in [-0.05, 0) is 80.1 Å². The van der Waals surface area contributed by atoms with Gasteiger partial charge in [-0.25, -0.2) is 0 Å². The number of fused-ring (bicyclic) bond motifs is 5. The standard InChI is InChI=1S/C20H30O2/c1-12-11-20(3)13(10-17(12)21)4-5-14-15-6-7-18(22)19(15,2)9-8-16(14)20/h11,13-17,21H,4-10H2,1-3H3/t13-,14-,15-,16-,17-,19-,20-/m0/s1. The van der Waals surface area contributed by atoms with Crippen molar-refractivity contribution in [1.82, 2.24) is 0 Å². The molecule has 0 heterocycles. The number of carbonyl (C=O) groups excluding carboxylic acids is 1. The fourth-order valence-corrected chi connectivity index (χ4v) is 6.88. The minimum atomic E-state index is -0.225. The van der Waals surface area contributed by atoms with Crippen molar-refractivity contribution in [3.05, 3.63) is 11.6 Å². The molecule has 0 saturated heterocycles. The molecule has 4 rings (SSSR count). The first-order chi connectivity index (χ1) is 10.4. The molecule has 0 aromatic heterocycles. The van der Waals surface area contributed by atoms with Crippen molar-refractivity contribution in [1.29, 1.82) is 0 Å². The van der Waals surface area contributed by atoms with Crippen LogP contribution in [0.3, 0.4) is 0 Å². The van der Waals surface area contributed by atoms with Gasteiger partial charge in [0.1, 0.15) is 5.78 Å². The average Bonchev–Trinajstić information content (AvgIpc) is 2.77. The van der Waals surface area contributed by atoms with Gasteiger partial charge in [0.15, 0.2) is 0 Å². The number of rotatable bonds is 0. The third-order valence-corrected chi connectivity index (χ3v) is 8.25. The average molecular weight is 302 g/mol. The van der Waals surface area contributed by atoms with Crippen LogP contribution in [-0.2, 0) is 4.79 Å². The van der Waals surface area contributed by atoms with E-state index in [9.17, 15) is 9.90 Å². The predicted molar refractivity (Wildman–Crippen MR) is 87.3 cm³/mol. The monoisotopic (exact) mass is 302 g/mol. The second kappa shape index (κ2) is 4.69. The largest absolute Gasteiger partial charge is 0.389 e. The minimum absolute atomic E-state index is 0.0166. The van der Waals surface area contributed by atoms with Crippen molar-refractivity contribution in [2.24, 2.45) is 34.5 Å². The van der Waals surface area contributed by atoms with Gasteiger partial charge in [0.25, 0.3) is 0 Å². The highest BCUT2D eigenvalue weighted by Gasteiger charge is 2.59. The normalized spacial score (nSPS) is 54.3. The zero-order valence-electron chi connectivity index (χ0n) is 14.3. The van der Waals surface area contributed by atoms with Crippen LogP contribution in [0.2, 0.25) is 0 Å². The zero-order chi connectivity index (χ0) is 15.7. The van der Waals surface area contributed by atoms with Crippen LogP contribution in [0.5, 0.6) is 0 Å². The van der Waals surface area contributed by atoms with E-state index in [1.54, 1.807) is 0 Å². The van der Waals surface area contributed by atoms with Gasteiger partial charge < -0.3 is 5.11 Å². The van der Waals surface area contributed by atoms with E-state index in [0.29, 0.717) is 17.6 Å². The smallest absolute Gasteiger partial charge is 0.139 e. The van der Waals surface area contributed by atoms with Crippen LogP contribution >= 0.6 is 0 Å². The molecule has 2 heteroatoms. The molecule has 0 aromatic carbocycles. The highest BCUT2D eigenvalue weighted by Crippen LogP contribution is 2.64. The van der Waals surface area contributed by atoms with Crippen LogP contribution in [0.25, 0.3) is 0 Å². The van der Waals surface area contributed by atoms with Gasteiger partial charge in [0, 0.05) is 11.8 Å². The number of aliphatic hydroxyl groups is 1. The van der Waals surface area contributed by atoms with E-state index in [0.717, 1.165) is 37.5 Å². The lowest BCUT2D eigenvalue weighted by atomic mass is 9.46. The molecule has 0 unspecified atom stereocenters. The van der Waals surface area contributed by atoms with E-state index < -0.39 is 0 Å². The Labute approximate surface area is 134 Å². The van der Waals surface area contributed by atoms with Gasteiger partial charge in [-0.15, -0.1) is 0 Å². The summed E-state index contributed by atoms with van der Waals surface area (Å²) < 4.78 is 0. The Morgan fingerprint density at radius 1 is 1.14 bits per heavy atom. The summed E-state index contributed by atoms with van der Waals surface area (Å²) in [6.45, 7) is 6.80. The summed E-state index contributed by atoms with van der Waals surface area (Å²) in [5.41, 5.74) is 1.41. The summed E-state index contributed by atoms with van der Waals surface area (Å²) in [6, 6.07) is 0. The molecule has 0 amide bonds. The first-order valence-electron chi connectivity index (χ1n) is 9.27. The van der Waals surface area contributed by atoms with E-state index in [4.69, 9.17) is 0 Å². The van der Waals surface area contributed by atoms with Crippen molar-refractivity contribution in [2.45, 2.75) is 71.8 Å². The second-order valence-corrected chi connectivity index (χ2v) is 9.07. The first kappa shape index (κ1) is 14.9. The molecule has 3 saturated carbocycles. The van der Waals surface area contributed by atoms with Gasteiger partial charge in [-0.1, -0.05) is 19.9 Å². The third-order valence-electron chi connectivity index (χ3n) is 8.25. The van der Waals surface area contributed by atoms with Crippen molar-refractivity contribution in [3.8, 4) is 0 Å². The molecule has 0 aliphatic heterocycles. The lowest BCUT2D eigenvalue weighted by molar-refractivity contribution is -0.134. The molecule has 0 aromatic rings. The number of allylic oxidation sites excluding steroid dienone is 1. The van der Waals surface area contributed by atoms with Gasteiger partial charge in [-0.3, -0.25) is 4.79 Å². The number of hydrogen-bond acceptors (Lipinski definition) is 2. The number of Topliss-reactive ketones (excluding diaryl/α,β-unsaturated/α-hetero) is 1. The molecular weight excluding hydrogens is 272 g/mol. The molecule has 0 radical (unpaired) electrons. The fraction of sp³-hybridized carbons (Fsp3) is 0.850. The highest BCUT2D eigenvalue weighted by atomic mass is 16.3. The van der Waals surface area contributed by atoms with Gasteiger partial charge in [-0.2, -0.15) is 0 Å². The molecule has 4 aliphatic carbocycles. The van der Waals surface area contributed by atoms with Crippen molar-refractivity contribution in [2.75, 3.05) is 0 Å². The maximum Gasteiger partial charge on any atom is 0.139 e. The third kappa shape index (κ3) is 1.79. The lowest BCUT2D eigenvalue weighted by Crippen LogP contribution is -2.53. The van der Waals surface area contributed by atoms with Gasteiger partial charge >= 0.3 is 0 Å². The molecule has 4 aliphatic rings. The fourth-order valence-electron chi connectivity index (χ4n) is 6.88. The molecule has 0 bridgehead atoms. The summed E-state index contributed by atoms with van der Waals surface area (Å²) in [7, 11) is 0. The predicted octanol–water partition coefficient (Wildman–Crippen LogP) is 4.13. The van der Waals surface area contributed by atoms with Crippen molar-refractivity contribution in [3.63, 3.8) is 0 Å². The van der Waals surface area contributed by atoms with E-state index in [2.05, 4.69) is 26.8 Å². The Morgan fingerprint density at radius 2 is 1.91 bits per heavy atom. The number of aliphatic hydroxyl groups excluding tert-OH is 1. The molecule has 3 fully saturated rings. The Kier molecular flexibility index (Phi) is 3.18. The summed E-state index contributed by atoms with van der Waals surface area (Å²) >= 11 is 0. The Hall–Kier alpha value is -0.630. The van der Waals surface area contributed by atoms with Gasteiger partial charge in [0.05, 0.1) is 6.10 Å².